The van der Waals surface area contributed by atoms with Gasteiger partial charge in [0.1, 0.15) is 11.6 Å². The Labute approximate surface area is 90.9 Å². The molecule has 0 unspecified atom stereocenters. The van der Waals surface area contributed by atoms with E-state index in [0.717, 1.165) is 0 Å². The lowest BCUT2D eigenvalue weighted by Crippen LogP contribution is -2.37. The summed E-state index contributed by atoms with van der Waals surface area (Å²) in [7, 11) is 0. The number of halogens is 3. The van der Waals surface area contributed by atoms with Crippen molar-refractivity contribution in [1.29, 1.82) is 0 Å². The first-order valence-electron chi connectivity index (χ1n) is 4.24. The number of esters is 1. The highest BCUT2D eigenvalue weighted by atomic mass is 32.2. The number of hydrogen-bond acceptors (Lipinski definition) is 4. The Morgan fingerprint density at radius 2 is 1.80 bits per heavy atom. The van der Waals surface area contributed by atoms with Gasteiger partial charge < -0.3 is 4.74 Å². The normalized spacial score (nSPS) is 14.9. The third kappa shape index (κ3) is 8.56. The Hall–Kier alpha value is -0.430. The Morgan fingerprint density at radius 3 is 2.13 bits per heavy atom. The molecular formula is C8H14F3NO2S. The summed E-state index contributed by atoms with van der Waals surface area (Å²) in [5, 5.41) is 0. The van der Waals surface area contributed by atoms with Crippen LogP contribution in [0.25, 0.3) is 0 Å². The van der Waals surface area contributed by atoms with Crippen LogP contribution < -0.4 is 4.72 Å². The van der Waals surface area contributed by atoms with Crippen LogP contribution in [0.5, 0.6) is 0 Å². The lowest BCUT2D eigenvalue weighted by atomic mass is 10.2. The van der Waals surface area contributed by atoms with Crippen molar-refractivity contribution >= 4 is 17.9 Å². The lowest BCUT2D eigenvalue weighted by molar-refractivity contribution is -0.156. The van der Waals surface area contributed by atoms with Gasteiger partial charge in [-0.3, -0.25) is 4.79 Å². The molecule has 0 aliphatic rings. The zero-order chi connectivity index (χ0) is 12.3. The number of carbonyl (C=O) groups excluding carboxylic acids is 1. The zero-order valence-electron chi connectivity index (χ0n) is 8.94. The van der Waals surface area contributed by atoms with Gasteiger partial charge in [0.25, 0.3) is 0 Å². The second kappa shape index (κ2) is 5.07. The first-order valence-corrected chi connectivity index (χ1v) is 5.06. The van der Waals surface area contributed by atoms with Gasteiger partial charge in [-0.25, -0.2) is 4.72 Å². The third-order valence-corrected chi connectivity index (χ3v) is 1.81. The van der Waals surface area contributed by atoms with Crippen molar-refractivity contribution in [3.8, 4) is 0 Å². The molecule has 7 heteroatoms. The fourth-order valence-electron chi connectivity index (χ4n) is 0.593. The molecule has 0 saturated heterocycles. The van der Waals surface area contributed by atoms with Crippen LogP contribution in [0.1, 0.15) is 27.7 Å². The molecule has 1 atom stereocenters. The molecule has 0 fully saturated rings. The highest BCUT2D eigenvalue weighted by molar-refractivity contribution is 7.98. The molecule has 0 aromatic carbocycles. The van der Waals surface area contributed by atoms with Crippen LogP contribution in [0.2, 0.25) is 0 Å². The maximum atomic E-state index is 11.8. The Balaban J connectivity index is 4.01. The zero-order valence-corrected chi connectivity index (χ0v) is 9.75. The molecule has 90 valence electrons. The molecule has 15 heavy (non-hydrogen) atoms. The smallest absolute Gasteiger partial charge is 0.456 e. The van der Waals surface area contributed by atoms with Gasteiger partial charge >= 0.3 is 11.5 Å². The summed E-state index contributed by atoms with van der Waals surface area (Å²) in [6.07, 6.45) is 0. The molecule has 3 nitrogen and oxygen atoms in total. The van der Waals surface area contributed by atoms with E-state index >= 15 is 0 Å². The molecule has 0 bridgehead atoms. The second-order valence-corrected chi connectivity index (χ2v) is 4.82. The highest BCUT2D eigenvalue weighted by Crippen LogP contribution is 2.27. The minimum atomic E-state index is -4.41. The molecule has 0 aliphatic carbocycles. The number of alkyl halides is 3. The van der Waals surface area contributed by atoms with E-state index in [1.54, 1.807) is 20.8 Å². The van der Waals surface area contributed by atoms with E-state index < -0.39 is 35.1 Å². The van der Waals surface area contributed by atoms with Gasteiger partial charge in [0.15, 0.2) is 0 Å². The van der Waals surface area contributed by atoms with Crippen LogP contribution in [-0.2, 0) is 9.53 Å². The average Bonchev–Trinajstić information content (AvgIpc) is 1.95. The van der Waals surface area contributed by atoms with Gasteiger partial charge in [0.2, 0.25) is 0 Å². The van der Waals surface area contributed by atoms with Crippen molar-refractivity contribution in [2.45, 2.75) is 44.8 Å². The van der Waals surface area contributed by atoms with Crippen LogP contribution in [0.15, 0.2) is 0 Å². The summed E-state index contributed by atoms with van der Waals surface area (Å²) in [5.74, 6) is -0.709. The van der Waals surface area contributed by atoms with E-state index in [1.165, 1.54) is 6.92 Å². The van der Waals surface area contributed by atoms with Gasteiger partial charge in [-0.15, -0.1) is 0 Å². The minimum Gasteiger partial charge on any atom is -0.459 e. The van der Waals surface area contributed by atoms with Crippen molar-refractivity contribution in [3.05, 3.63) is 0 Å². The summed E-state index contributed by atoms with van der Waals surface area (Å²) < 4.78 is 42.1. The van der Waals surface area contributed by atoms with Crippen LogP contribution in [0.4, 0.5) is 13.2 Å². The van der Waals surface area contributed by atoms with Gasteiger partial charge in [0.05, 0.1) is 0 Å². The van der Waals surface area contributed by atoms with Crippen molar-refractivity contribution in [3.63, 3.8) is 0 Å². The van der Waals surface area contributed by atoms with Crippen molar-refractivity contribution < 1.29 is 22.7 Å². The molecular weight excluding hydrogens is 231 g/mol. The molecule has 0 amide bonds. The topological polar surface area (TPSA) is 38.3 Å². The fourth-order valence-corrected chi connectivity index (χ4v) is 1.00. The number of ether oxygens (including phenoxy) is 1. The monoisotopic (exact) mass is 245 g/mol. The number of nitrogens with one attached hydrogen (secondary N) is 1. The van der Waals surface area contributed by atoms with Gasteiger partial charge in [0, 0.05) is 11.9 Å². The average molecular weight is 245 g/mol. The fraction of sp³-hybridized carbons (Fsp3) is 0.875. The van der Waals surface area contributed by atoms with Crippen LogP contribution >= 0.6 is 11.9 Å². The van der Waals surface area contributed by atoms with E-state index in [9.17, 15) is 18.0 Å². The van der Waals surface area contributed by atoms with Gasteiger partial charge in [-0.2, -0.15) is 13.2 Å². The Morgan fingerprint density at radius 1 is 1.33 bits per heavy atom. The summed E-state index contributed by atoms with van der Waals surface area (Å²) in [6.45, 7) is 6.25. The van der Waals surface area contributed by atoms with E-state index in [0.29, 0.717) is 0 Å². The molecule has 1 N–H and O–H groups in total. The molecule has 0 aromatic rings. The maximum Gasteiger partial charge on any atom is 0.456 e. The summed E-state index contributed by atoms with van der Waals surface area (Å²) >= 11 is -0.455. The van der Waals surface area contributed by atoms with Gasteiger partial charge in [-0.05, 0) is 27.7 Å². The third-order valence-electron chi connectivity index (χ3n) is 1.11. The Bertz CT molecular complexity index is 225. The maximum absolute atomic E-state index is 11.8. The molecule has 0 rings (SSSR count). The first-order chi connectivity index (χ1) is 6.51. The van der Waals surface area contributed by atoms with E-state index in [-0.39, 0.29) is 0 Å². The summed E-state index contributed by atoms with van der Waals surface area (Å²) in [5.41, 5.74) is -5.10. The number of rotatable bonds is 3. The molecule has 0 spiro atoms. The SMILES string of the molecule is C[C@H](NSC(F)(F)F)C(=O)OC(C)(C)C. The summed E-state index contributed by atoms with van der Waals surface area (Å²) in [6, 6.07) is -1.00. The lowest BCUT2D eigenvalue weighted by Gasteiger charge is -2.22. The van der Waals surface area contributed by atoms with Crippen LogP contribution in [0, 0.1) is 0 Å². The highest BCUT2D eigenvalue weighted by Gasteiger charge is 2.31. The second-order valence-electron chi connectivity index (χ2n) is 3.92. The largest absolute Gasteiger partial charge is 0.459 e. The first kappa shape index (κ1) is 14.6. The number of carbonyl (C=O) groups is 1. The van der Waals surface area contributed by atoms with Crippen LogP contribution in [0.3, 0.4) is 0 Å². The van der Waals surface area contributed by atoms with Crippen molar-refractivity contribution in [2.75, 3.05) is 0 Å². The van der Waals surface area contributed by atoms with Gasteiger partial charge in [-0.1, -0.05) is 0 Å². The van der Waals surface area contributed by atoms with Crippen LogP contribution in [-0.4, -0.2) is 23.1 Å². The van der Waals surface area contributed by atoms with Crippen molar-refractivity contribution in [1.82, 2.24) is 4.72 Å². The van der Waals surface area contributed by atoms with E-state index in [1.807, 2.05) is 4.72 Å². The molecule has 0 aromatic heterocycles. The Kier molecular flexibility index (Phi) is 4.92. The standard InChI is InChI=1S/C8H14F3NO2S/c1-5(12-15-8(9,10)11)6(13)14-7(2,3)4/h5,12H,1-4H3/t5-/m0/s1. The van der Waals surface area contributed by atoms with E-state index in [4.69, 9.17) is 4.74 Å². The molecule has 0 aliphatic heterocycles. The van der Waals surface area contributed by atoms with Crippen molar-refractivity contribution in [2.24, 2.45) is 0 Å². The molecule has 0 saturated carbocycles. The summed E-state index contributed by atoms with van der Waals surface area (Å²) in [4.78, 5) is 11.2. The quantitative estimate of drug-likeness (QED) is 0.612. The van der Waals surface area contributed by atoms with E-state index in [2.05, 4.69) is 0 Å². The predicted octanol–water partition coefficient (Wildman–Crippen LogP) is 2.47. The number of hydrogen-bond donors (Lipinski definition) is 1. The minimum absolute atomic E-state index is 0.455. The predicted molar refractivity (Wildman–Crippen MR) is 52.1 cm³/mol. The molecule has 0 radical (unpaired) electrons. The molecule has 0 heterocycles.